The molecule has 0 aromatic heterocycles. The van der Waals surface area contributed by atoms with Gasteiger partial charge in [0, 0.05) is 29.3 Å². The second-order valence-corrected chi connectivity index (χ2v) is 15.8. The van der Waals surface area contributed by atoms with E-state index in [0.29, 0.717) is 40.5 Å². The van der Waals surface area contributed by atoms with E-state index in [-0.39, 0.29) is 43.0 Å². The van der Waals surface area contributed by atoms with Gasteiger partial charge in [0.15, 0.2) is 20.5 Å². The molecule has 0 aliphatic carbocycles. The van der Waals surface area contributed by atoms with Crippen molar-refractivity contribution in [2.45, 2.75) is 50.2 Å². The number of amides is 2. The minimum Gasteiger partial charge on any atom is -0.497 e. The molecular formula is C32H36N2O7Si. The molecule has 220 valence electrons. The Balaban J connectivity index is 1.40. The van der Waals surface area contributed by atoms with Gasteiger partial charge in [0.05, 0.1) is 31.1 Å². The first-order chi connectivity index (χ1) is 20.1. The predicted molar refractivity (Wildman–Crippen MR) is 161 cm³/mol. The molecule has 42 heavy (non-hydrogen) atoms. The molecule has 3 heterocycles. The van der Waals surface area contributed by atoms with E-state index in [4.69, 9.17) is 14.2 Å². The average molecular weight is 589 g/mol. The highest BCUT2D eigenvalue weighted by Gasteiger charge is 2.66. The quantitative estimate of drug-likeness (QED) is 0.392. The third-order valence-corrected chi connectivity index (χ3v) is 11.3. The van der Waals surface area contributed by atoms with Crippen molar-refractivity contribution in [1.82, 2.24) is 0 Å². The second-order valence-electron chi connectivity index (χ2n) is 11.8. The maximum Gasteiger partial charge on any atom is 0.269 e. The van der Waals surface area contributed by atoms with Gasteiger partial charge >= 0.3 is 0 Å². The van der Waals surface area contributed by atoms with Crippen LogP contribution in [0.3, 0.4) is 0 Å². The maximum absolute atomic E-state index is 14.6. The number of aliphatic hydroxyl groups excluding tert-OH is 1. The van der Waals surface area contributed by atoms with Crippen LogP contribution in [-0.2, 0) is 26.5 Å². The zero-order valence-electron chi connectivity index (χ0n) is 24.2. The largest absolute Gasteiger partial charge is 0.497 e. The number of carbonyl (C=O) groups is 2. The van der Waals surface area contributed by atoms with Gasteiger partial charge in [-0.2, -0.15) is 0 Å². The molecule has 10 heteroatoms. The molecule has 0 bridgehead atoms. The molecule has 2 amide bonds. The molecule has 3 aromatic rings. The minimum absolute atomic E-state index is 0.0561. The molecule has 6 rings (SSSR count). The van der Waals surface area contributed by atoms with Gasteiger partial charge in [-0.3, -0.25) is 14.5 Å². The fourth-order valence-electron chi connectivity index (χ4n) is 7.10. The molecule has 3 aromatic carbocycles. The van der Waals surface area contributed by atoms with Crippen LogP contribution in [0.1, 0.15) is 24.5 Å². The topological polar surface area (TPSA) is 109 Å². The zero-order valence-corrected chi connectivity index (χ0v) is 25.2. The Bertz CT molecular complexity index is 1540. The Hall–Kier alpha value is -3.70. The minimum atomic E-state index is -2.80. The summed E-state index contributed by atoms with van der Waals surface area (Å²) in [6, 6.07) is 20.6. The van der Waals surface area contributed by atoms with Gasteiger partial charge in [0.1, 0.15) is 11.5 Å². The molecule has 1 fully saturated rings. The maximum atomic E-state index is 14.6. The molecule has 4 atom stereocenters. The van der Waals surface area contributed by atoms with E-state index in [9.17, 15) is 19.5 Å². The molecule has 2 N–H and O–H groups in total. The summed E-state index contributed by atoms with van der Waals surface area (Å²) < 4.78 is 17.8. The lowest BCUT2D eigenvalue weighted by molar-refractivity contribution is -0.146. The summed E-state index contributed by atoms with van der Waals surface area (Å²) in [5.41, 5.74) is 2.03. The Kier molecular flexibility index (Phi) is 7.13. The number of methoxy groups -OCH3 is 1. The number of hydrogen-bond donors (Lipinski definition) is 2. The van der Waals surface area contributed by atoms with Crippen molar-refractivity contribution in [3.63, 3.8) is 0 Å². The van der Waals surface area contributed by atoms with Crippen molar-refractivity contribution < 1.29 is 33.7 Å². The van der Waals surface area contributed by atoms with Gasteiger partial charge in [-0.05, 0) is 67.5 Å². The summed E-state index contributed by atoms with van der Waals surface area (Å²) in [5.74, 6) is 0.520. The van der Waals surface area contributed by atoms with Crippen molar-refractivity contribution in [2.24, 2.45) is 5.92 Å². The van der Waals surface area contributed by atoms with Crippen molar-refractivity contribution >= 4 is 37.2 Å². The molecule has 0 unspecified atom stereocenters. The van der Waals surface area contributed by atoms with Crippen LogP contribution in [0.2, 0.25) is 18.6 Å². The standard InChI is InChI=1S/C32H36N2O7Si/c1-20-30(42(3,4)38)28(14-15-35)41-32(20)24-17-23(39-2)12-13-25(24)33(31(32)37)18-21-8-7-9-22(16-21)34-26-10-5-6-11-27(26)40-19-29(34)36/h5-13,16-17,20,28,30,35,38H,14-15,18-19H2,1-4H3/t20-,28+,30-,32+/m0/s1. The van der Waals surface area contributed by atoms with Crippen LogP contribution >= 0.6 is 0 Å². The molecule has 3 aliphatic heterocycles. The molecular weight excluding hydrogens is 552 g/mol. The Morgan fingerprint density at radius 3 is 2.57 bits per heavy atom. The van der Waals surface area contributed by atoms with Crippen LogP contribution in [0.5, 0.6) is 11.5 Å². The van der Waals surface area contributed by atoms with Crippen molar-refractivity contribution in [3.05, 3.63) is 77.9 Å². The predicted octanol–water partition coefficient (Wildman–Crippen LogP) is 4.48. The van der Waals surface area contributed by atoms with Crippen LogP contribution < -0.4 is 19.3 Å². The van der Waals surface area contributed by atoms with E-state index in [1.807, 2.05) is 86.7 Å². The third kappa shape index (κ3) is 4.41. The lowest BCUT2D eigenvalue weighted by Crippen LogP contribution is -2.46. The molecule has 0 radical (unpaired) electrons. The molecule has 9 nitrogen and oxygen atoms in total. The lowest BCUT2D eigenvalue weighted by atomic mass is 9.82. The van der Waals surface area contributed by atoms with Gasteiger partial charge < -0.3 is 29.0 Å². The first kappa shape index (κ1) is 28.4. The van der Waals surface area contributed by atoms with E-state index < -0.39 is 20.0 Å². The van der Waals surface area contributed by atoms with Crippen LogP contribution in [-0.4, -0.2) is 56.5 Å². The number of hydrogen-bond acceptors (Lipinski definition) is 7. The lowest BCUT2D eigenvalue weighted by Gasteiger charge is -2.32. The zero-order chi connectivity index (χ0) is 29.8. The fourth-order valence-corrected chi connectivity index (χ4v) is 9.70. The number of carbonyl (C=O) groups excluding carboxylic acids is 2. The number of aliphatic hydroxyl groups is 1. The van der Waals surface area contributed by atoms with E-state index in [0.717, 1.165) is 5.56 Å². The molecule has 0 saturated carbocycles. The van der Waals surface area contributed by atoms with Crippen LogP contribution in [0.4, 0.5) is 17.1 Å². The van der Waals surface area contributed by atoms with Gasteiger partial charge in [0.25, 0.3) is 11.8 Å². The summed E-state index contributed by atoms with van der Waals surface area (Å²) >= 11 is 0. The Morgan fingerprint density at radius 1 is 1.05 bits per heavy atom. The number of anilines is 3. The number of ether oxygens (including phenoxy) is 3. The van der Waals surface area contributed by atoms with Gasteiger partial charge in [-0.15, -0.1) is 0 Å². The van der Waals surface area contributed by atoms with E-state index in [2.05, 4.69) is 0 Å². The summed E-state index contributed by atoms with van der Waals surface area (Å²) in [6.45, 7) is 5.79. The fraction of sp³-hybridized carbons (Fsp3) is 0.375. The number of rotatable bonds is 7. The van der Waals surface area contributed by atoms with Gasteiger partial charge in [0.2, 0.25) is 0 Å². The smallest absolute Gasteiger partial charge is 0.269 e. The second kappa shape index (κ2) is 10.5. The van der Waals surface area contributed by atoms with E-state index >= 15 is 0 Å². The monoisotopic (exact) mass is 588 g/mol. The van der Waals surface area contributed by atoms with Crippen LogP contribution in [0.15, 0.2) is 66.7 Å². The molecule has 1 spiro atoms. The van der Waals surface area contributed by atoms with E-state index in [1.54, 1.807) is 16.9 Å². The highest BCUT2D eigenvalue weighted by molar-refractivity contribution is 6.71. The van der Waals surface area contributed by atoms with E-state index in [1.165, 1.54) is 0 Å². The number of fused-ring (bicyclic) bond motifs is 3. The average Bonchev–Trinajstić information content (AvgIpc) is 3.39. The van der Waals surface area contributed by atoms with Crippen LogP contribution in [0.25, 0.3) is 0 Å². The summed E-state index contributed by atoms with van der Waals surface area (Å²) in [4.78, 5) is 42.2. The highest BCUT2D eigenvalue weighted by Crippen LogP contribution is 2.60. The molecule has 3 aliphatic rings. The van der Waals surface area contributed by atoms with Crippen molar-refractivity contribution in [1.29, 1.82) is 0 Å². The first-order valence-corrected chi connectivity index (χ1v) is 17.3. The number of benzene rings is 3. The first-order valence-electron chi connectivity index (χ1n) is 14.3. The Morgan fingerprint density at radius 2 is 1.83 bits per heavy atom. The Labute approximate surface area is 246 Å². The summed E-state index contributed by atoms with van der Waals surface area (Å²) in [7, 11) is -1.22. The highest BCUT2D eigenvalue weighted by atomic mass is 28.4. The normalized spacial score (nSPS) is 25.0. The van der Waals surface area contributed by atoms with Crippen molar-refractivity contribution in [2.75, 3.05) is 30.1 Å². The number of para-hydroxylation sites is 2. The summed E-state index contributed by atoms with van der Waals surface area (Å²) in [6.07, 6.45) is -0.132. The number of nitrogens with zero attached hydrogens (tertiary/aromatic N) is 2. The van der Waals surface area contributed by atoms with Gasteiger partial charge in [-0.25, -0.2) is 0 Å². The summed E-state index contributed by atoms with van der Waals surface area (Å²) in [5, 5.41) is 9.83. The van der Waals surface area contributed by atoms with Crippen molar-refractivity contribution in [3.8, 4) is 11.5 Å². The SMILES string of the molecule is COc1ccc2c(c1)[C@@]1(O[C@H](CCO)[C@@H]([Si](C)(C)O)[C@@H]1C)C(=O)N2Cc1cccc(N2C(=O)COc3ccccc32)c1. The molecule has 1 saturated heterocycles. The van der Waals surface area contributed by atoms with Crippen LogP contribution in [0, 0.1) is 5.92 Å². The third-order valence-electron chi connectivity index (χ3n) is 8.82. The van der Waals surface area contributed by atoms with Gasteiger partial charge in [-0.1, -0.05) is 31.2 Å².